The minimum Gasteiger partial charge on any atom is -0.489 e. The monoisotopic (exact) mass is 746 g/mol. The number of carboxylic acids is 1. The van der Waals surface area contributed by atoms with Crippen LogP contribution < -0.4 is 15.4 Å². The first kappa shape index (κ1) is 38.9. The number of nitrogens with one attached hydrogen (secondary N) is 2. The van der Waals surface area contributed by atoms with Crippen LogP contribution in [0, 0.1) is 11.8 Å². The molecule has 1 unspecified atom stereocenters. The van der Waals surface area contributed by atoms with Gasteiger partial charge in [0.1, 0.15) is 18.2 Å². The van der Waals surface area contributed by atoms with E-state index in [1.54, 1.807) is 36.4 Å². The Balaban J connectivity index is 1.43. The third-order valence-corrected chi connectivity index (χ3v) is 9.85. The number of hydrogen-bond donors (Lipinski definition) is 3. The number of unbranched alkanes of at least 4 members (excludes halogenated alkanes) is 1. The molecular weight excluding hydrogens is 699 g/mol. The molecule has 0 aliphatic heterocycles. The highest BCUT2D eigenvalue weighted by Crippen LogP contribution is 2.34. The van der Waals surface area contributed by atoms with Crippen LogP contribution in [-0.4, -0.2) is 38.0 Å². The van der Waals surface area contributed by atoms with Gasteiger partial charge in [-0.3, -0.25) is 9.59 Å². The predicted molar refractivity (Wildman–Crippen MR) is 205 cm³/mol. The molecule has 9 nitrogen and oxygen atoms in total. The van der Waals surface area contributed by atoms with E-state index in [0.717, 1.165) is 42.4 Å². The lowest BCUT2D eigenvalue weighted by molar-refractivity contribution is -0.137. The number of benzene rings is 3. The third kappa shape index (κ3) is 10.4. The molecule has 0 radical (unpaired) electrons. The van der Waals surface area contributed by atoms with Gasteiger partial charge >= 0.3 is 5.97 Å². The number of hydrogen-bond acceptors (Lipinski definition) is 5. The van der Waals surface area contributed by atoms with Crippen molar-refractivity contribution in [3.8, 4) is 17.0 Å². The molecule has 0 bridgehead atoms. The van der Waals surface area contributed by atoms with E-state index in [-0.39, 0.29) is 24.0 Å². The van der Waals surface area contributed by atoms with Gasteiger partial charge in [-0.05, 0) is 100 Å². The van der Waals surface area contributed by atoms with Crippen molar-refractivity contribution < 1.29 is 24.2 Å². The Kier molecular flexibility index (Phi) is 13.0. The molecule has 0 saturated heterocycles. The van der Waals surface area contributed by atoms with Crippen molar-refractivity contribution in [3.05, 3.63) is 105 Å². The van der Waals surface area contributed by atoms with Crippen LogP contribution in [-0.2, 0) is 29.2 Å². The minimum atomic E-state index is -0.972. The number of amides is 2. The lowest BCUT2D eigenvalue weighted by Gasteiger charge is -2.33. The zero-order valence-electron chi connectivity index (χ0n) is 30.3. The largest absolute Gasteiger partial charge is 0.489 e. The molecule has 1 heterocycles. The molecule has 3 aromatic carbocycles. The minimum absolute atomic E-state index is 0.0820. The summed E-state index contributed by atoms with van der Waals surface area (Å²) in [5.74, 6) is -0.702. The maximum absolute atomic E-state index is 14.3. The summed E-state index contributed by atoms with van der Waals surface area (Å²) in [5, 5.41) is 16.6. The Morgan fingerprint density at radius 1 is 0.942 bits per heavy atom. The SMILES string of the molecule is CCCCn1cc(-c2ccc(Cl)cc2Cl)nc1[C@H](Cc1ccc(OCc2ccc(C(=O)O)cc2)cc1)NC(=O)C1CCCC[C@H]1C(=O)NC(C)(C)C. The highest BCUT2D eigenvalue weighted by molar-refractivity contribution is 6.36. The molecule has 1 saturated carbocycles. The number of aromatic carboxylic acids is 1. The quantitative estimate of drug-likeness (QED) is 0.118. The molecular formula is C41H48Cl2N4O5. The van der Waals surface area contributed by atoms with Gasteiger partial charge in [-0.2, -0.15) is 0 Å². The van der Waals surface area contributed by atoms with Gasteiger partial charge in [-0.15, -0.1) is 0 Å². The maximum Gasteiger partial charge on any atom is 0.335 e. The second-order valence-corrected chi connectivity index (χ2v) is 15.4. The fourth-order valence-corrected chi connectivity index (χ4v) is 7.12. The summed E-state index contributed by atoms with van der Waals surface area (Å²) in [6.07, 6.45) is 7.43. The van der Waals surface area contributed by atoms with Crippen LogP contribution in [0.4, 0.5) is 0 Å². The summed E-state index contributed by atoms with van der Waals surface area (Å²) in [6.45, 7) is 8.98. The number of aryl methyl sites for hydroxylation is 1. The van der Waals surface area contributed by atoms with E-state index < -0.39 is 29.4 Å². The van der Waals surface area contributed by atoms with Crippen LogP contribution in [0.1, 0.15) is 99.6 Å². The summed E-state index contributed by atoms with van der Waals surface area (Å²) in [5.41, 5.74) is 3.07. The maximum atomic E-state index is 14.3. The molecule has 11 heteroatoms. The topological polar surface area (TPSA) is 123 Å². The second kappa shape index (κ2) is 17.5. The van der Waals surface area contributed by atoms with Crippen LogP contribution in [0.3, 0.4) is 0 Å². The predicted octanol–water partition coefficient (Wildman–Crippen LogP) is 9.06. The van der Waals surface area contributed by atoms with Crippen molar-refractivity contribution in [2.75, 3.05) is 0 Å². The summed E-state index contributed by atoms with van der Waals surface area (Å²) in [4.78, 5) is 44.0. The number of nitrogens with zero attached hydrogens (tertiary/aromatic N) is 2. The van der Waals surface area contributed by atoms with Gasteiger partial charge in [-0.25, -0.2) is 9.78 Å². The van der Waals surface area contributed by atoms with Gasteiger partial charge in [0.15, 0.2) is 0 Å². The van der Waals surface area contributed by atoms with Gasteiger partial charge in [-0.1, -0.05) is 73.7 Å². The van der Waals surface area contributed by atoms with E-state index in [1.165, 1.54) is 0 Å². The molecule has 1 aromatic heterocycles. The number of rotatable bonds is 14. The molecule has 0 spiro atoms. The molecule has 1 fully saturated rings. The molecule has 4 aromatic rings. The van der Waals surface area contributed by atoms with Crippen molar-refractivity contribution in [2.24, 2.45) is 11.8 Å². The number of aromatic nitrogens is 2. The molecule has 2 amide bonds. The van der Waals surface area contributed by atoms with Crippen molar-refractivity contribution in [3.63, 3.8) is 0 Å². The molecule has 3 atom stereocenters. The fraction of sp³-hybridized carbons (Fsp3) is 0.415. The van der Waals surface area contributed by atoms with E-state index in [1.807, 2.05) is 57.3 Å². The zero-order valence-corrected chi connectivity index (χ0v) is 31.8. The highest BCUT2D eigenvalue weighted by Gasteiger charge is 2.38. The van der Waals surface area contributed by atoms with E-state index >= 15 is 0 Å². The number of carbonyl (C=O) groups is 3. The summed E-state index contributed by atoms with van der Waals surface area (Å²) in [7, 11) is 0. The van der Waals surface area contributed by atoms with Gasteiger partial charge < -0.3 is 25.0 Å². The first-order valence-electron chi connectivity index (χ1n) is 18.0. The van der Waals surface area contributed by atoms with Crippen molar-refractivity contribution in [1.82, 2.24) is 20.2 Å². The van der Waals surface area contributed by atoms with Gasteiger partial charge in [0.25, 0.3) is 0 Å². The molecule has 3 N–H and O–H groups in total. The Labute approximate surface area is 316 Å². The Morgan fingerprint density at radius 2 is 1.60 bits per heavy atom. The molecule has 1 aliphatic rings. The Bertz CT molecular complexity index is 1850. The van der Waals surface area contributed by atoms with Crippen LogP contribution in [0.5, 0.6) is 5.75 Å². The Hall–Kier alpha value is -4.34. The Morgan fingerprint density at radius 3 is 2.21 bits per heavy atom. The van der Waals surface area contributed by atoms with Gasteiger partial charge in [0.2, 0.25) is 11.8 Å². The summed E-state index contributed by atoms with van der Waals surface area (Å²) in [6, 6.07) is 19.1. The third-order valence-electron chi connectivity index (χ3n) is 9.30. The van der Waals surface area contributed by atoms with Crippen molar-refractivity contribution in [2.45, 2.75) is 97.4 Å². The number of halogens is 2. The van der Waals surface area contributed by atoms with Crippen LogP contribution in [0.15, 0.2) is 72.9 Å². The zero-order chi connectivity index (χ0) is 37.4. The lowest BCUT2D eigenvalue weighted by Crippen LogP contribution is -2.49. The number of ether oxygens (including phenoxy) is 1. The van der Waals surface area contributed by atoms with E-state index in [0.29, 0.717) is 53.1 Å². The number of carboxylic acid groups (broad SMARTS) is 1. The first-order chi connectivity index (χ1) is 24.8. The smallest absolute Gasteiger partial charge is 0.335 e. The van der Waals surface area contributed by atoms with Crippen LogP contribution >= 0.6 is 23.2 Å². The standard InChI is InChI=1S/C41H48Cl2N4O5/c1-5-6-21-47-24-36(33-20-17-29(42)23-34(33)43)44-37(47)35(45-38(48)31-9-7-8-10-32(31)39(49)46-41(2,3)4)22-26-13-18-30(19-14-26)52-25-27-11-15-28(16-12-27)40(50)51/h11-20,23-24,31-32,35H,5-10,21-22,25H2,1-4H3,(H,45,48)(H,46,49)(H,50,51)/t31?,32-,35+/m1/s1. The number of imidazole rings is 1. The van der Waals surface area contributed by atoms with Gasteiger partial charge in [0.05, 0.1) is 22.3 Å². The fourth-order valence-electron chi connectivity index (χ4n) is 6.62. The van der Waals surface area contributed by atoms with Crippen LogP contribution in [0.2, 0.25) is 10.0 Å². The highest BCUT2D eigenvalue weighted by atomic mass is 35.5. The normalized spacial score (nSPS) is 16.6. The van der Waals surface area contributed by atoms with Gasteiger partial charge in [0, 0.05) is 40.7 Å². The summed E-state index contributed by atoms with van der Waals surface area (Å²) < 4.78 is 8.10. The number of carbonyl (C=O) groups excluding carboxylic acids is 2. The summed E-state index contributed by atoms with van der Waals surface area (Å²) >= 11 is 12.9. The van der Waals surface area contributed by atoms with Crippen LogP contribution in [0.25, 0.3) is 11.3 Å². The van der Waals surface area contributed by atoms with E-state index in [2.05, 4.69) is 22.1 Å². The average Bonchev–Trinajstić information content (AvgIpc) is 3.53. The molecule has 52 heavy (non-hydrogen) atoms. The van der Waals surface area contributed by atoms with E-state index in [9.17, 15) is 19.5 Å². The van der Waals surface area contributed by atoms with E-state index in [4.69, 9.17) is 32.9 Å². The first-order valence-corrected chi connectivity index (χ1v) is 18.8. The molecule has 276 valence electrons. The average molecular weight is 748 g/mol. The second-order valence-electron chi connectivity index (χ2n) is 14.6. The van der Waals surface area contributed by atoms with Crippen molar-refractivity contribution in [1.29, 1.82) is 0 Å². The molecule has 1 aliphatic carbocycles. The van der Waals surface area contributed by atoms with Crippen molar-refractivity contribution >= 4 is 41.0 Å². The lowest BCUT2D eigenvalue weighted by atomic mass is 9.77. The molecule has 5 rings (SSSR count).